The molecular weight excluding hydrogens is 246 g/mol. The Kier molecular flexibility index (Phi) is 6.22. The highest BCUT2D eigenvalue weighted by atomic mass is 32.2. The highest BCUT2D eigenvalue weighted by molar-refractivity contribution is 8.00. The predicted molar refractivity (Wildman–Crippen MR) is 75.7 cm³/mol. The summed E-state index contributed by atoms with van der Waals surface area (Å²) in [6.07, 6.45) is 0.501. The third kappa shape index (κ3) is 4.70. The lowest BCUT2D eigenvalue weighted by atomic mass is 10.1. The molecule has 2 unspecified atom stereocenters. The molecule has 0 aromatic heterocycles. The number of aliphatic hydroxyl groups is 1. The summed E-state index contributed by atoms with van der Waals surface area (Å²) in [5, 5.41) is 12.2. The van der Waals surface area contributed by atoms with Gasteiger partial charge < -0.3 is 10.4 Å². The van der Waals surface area contributed by atoms with Crippen molar-refractivity contribution in [1.29, 1.82) is 0 Å². The van der Waals surface area contributed by atoms with Crippen molar-refractivity contribution in [2.24, 2.45) is 0 Å². The highest BCUT2D eigenvalue weighted by Gasteiger charge is 2.13. The molecule has 0 radical (unpaired) electrons. The summed E-state index contributed by atoms with van der Waals surface area (Å²) in [5.41, 5.74) is 0.891. The second kappa shape index (κ2) is 7.44. The van der Waals surface area contributed by atoms with Gasteiger partial charge in [-0.2, -0.15) is 0 Å². The minimum Gasteiger partial charge on any atom is -0.389 e. The van der Waals surface area contributed by atoms with Gasteiger partial charge >= 0.3 is 0 Å². The molecule has 18 heavy (non-hydrogen) atoms. The van der Waals surface area contributed by atoms with Crippen molar-refractivity contribution < 1.29 is 9.90 Å². The van der Waals surface area contributed by atoms with Crippen LogP contribution in [0, 0.1) is 0 Å². The Bertz CT molecular complexity index is 376. The summed E-state index contributed by atoms with van der Waals surface area (Å²) >= 11 is 1.53. The Balaban J connectivity index is 2.53. The van der Waals surface area contributed by atoms with Crippen LogP contribution in [-0.2, 0) is 4.79 Å². The standard InChI is InChI=1S/C14H21NO2S/c1-4-9-15-14(17)11(3)18-13-7-5-12(6-8-13)10(2)16/h5-8,10-11,16H,4,9H2,1-3H3,(H,15,17). The predicted octanol–water partition coefficient (Wildman–Crippen LogP) is 2.75. The van der Waals surface area contributed by atoms with Gasteiger partial charge in [-0.25, -0.2) is 0 Å². The van der Waals surface area contributed by atoms with Gasteiger partial charge in [-0.15, -0.1) is 11.8 Å². The fourth-order valence-electron chi connectivity index (χ4n) is 1.47. The van der Waals surface area contributed by atoms with E-state index in [4.69, 9.17) is 0 Å². The molecule has 0 aliphatic heterocycles. The number of carbonyl (C=O) groups excluding carboxylic acids is 1. The lowest BCUT2D eigenvalue weighted by Gasteiger charge is -2.12. The number of hydrogen-bond acceptors (Lipinski definition) is 3. The molecule has 100 valence electrons. The van der Waals surface area contributed by atoms with Crippen LogP contribution in [0.1, 0.15) is 38.9 Å². The third-order valence-corrected chi connectivity index (χ3v) is 3.71. The molecule has 1 amide bonds. The fraction of sp³-hybridized carbons (Fsp3) is 0.500. The minimum atomic E-state index is -0.450. The highest BCUT2D eigenvalue weighted by Crippen LogP contribution is 2.25. The Labute approximate surface area is 113 Å². The first kappa shape index (κ1) is 15.1. The molecule has 1 rings (SSSR count). The first-order valence-electron chi connectivity index (χ1n) is 6.27. The van der Waals surface area contributed by atoms with E-state index in [0.29, 0.717) is 0 Å². The monoisotopic (exact) mass is 267 g/mol. The molecule has 0 aliphatic carbocycles. The van der Waals surface area contributed by atoms with E-state index in [1.807, 2.05) is 38.1 Å². The van der Waals surface area contributed by atoms with Gasteiger partial charge in [0.05, 0.1) is 11.4 Å². The van der Waals surface area contributed by atoms with Crippen LogP contribution in [0.5, 0.6) is 0 Å². The van der Waals surface area contributed by atoms with Gasteiger partial charge in [0.15, 0.2) is 0 Å². The van der Waals surface area contributed by atoms with Gasteiger partial charge in [-0.05, 0) is 38.0 Å². The van der Waals surface area contributed by atoms with Gasteiger partial charge in [0.25, 0.3) is 0 Å². The van der Waals surface area contributed by atoms with Gasteiger partial charge in [0, 0.05) is 11.4 Å². The molecule has 1 aromatic carbocycles. The van der Waals surface area contributed by atoms with Crippen molar-refractivity contribution in [3.05, 3.63) is 29.8 Å². The van der Waals surface area contributed by atoms with Crippen molar-refractivity contribution in [3.8, 4) is 0 Å². The van der Waals surface area contributed by atoms with Gasteiger partial charge in [-0.1, -0.05) is 19.1 Å². The van der Waals surface area contributed by atoms with Crippen LogP contribution in [0.15, 0.2) is 29.2 Å². The van der Waals surface area contributed by atoms with Crippen molar-refractivity contribution in [2.75, 3.05) is 6.54 Å². The molecule has 0 spiro atoms. The summed E-state index contributed by atoms with van der Waals surface area (Å²) in [5.74, 6) is 0.0708. The first-order chi connectivity index (χ1) is 8.54. The second-order valence-electron chi connectivity index (χ2n) is 4.30. The summed E-state index contributed by atoms with van der Waals surface area (Å²) in [6, 6.07) is 7.67. The quantitative estimate of drug-likeness (QED) is 0.779. The van der Waals surface area contributed by atoms with E-state index in [9.17, 15) is 9.90 Å². The van der Waals surface area contributed by atoms with E-state index in [1.54, 1.807) is 6.92 Å². The lowest BCUT2D eigenvalue weighted by Crippen LogP contribution is -2.31. The molecule has 0 saturated heterocycles. The summed E-state index contributed by atoms with van der Waals surface area (Å²) in [7, 11) is 0. The van der Waals surface area contributed by atoms with Gasteiger partial charge in [-0.3, -0.25) is 4.79 Å². The molecule has 0 saturated carbocycles. The van der Waals surface area contributed by atoms with Crippen molar-refractivity contribution in [2.45, 2.75) is 43.4 Å². The zero-order valence-corrected chi connectivity index (χ0v) is 12.0. The molecular formula is C14H21NO2S. The SMILES string of the molecule is CCCNC(=O)C(C)Sc1ccc(C(C)O)cc1. The van der Waals surface area contributed by atoms with Crippen molar-refractivity contribution in [3.63, 3.8) is 0 Å². The van der Waals surface area contributed by atoms with E-state index in [0.717, 1.165) is 23.4 Å². The number of amides is 1. The van der Waals surface area contributed by atoms with Crippen LogP contribution >= 0.6 is 11.8 Å². The molecule has 0 bridgehead atoms. The Morgan fingerprint density at radius 3 is 2.44 bits per heavy atom. The maximum absolute atomic E-state index is 11.7. The van der Waals surface area contributed by atoms with Crippen LogP contribution in [0.3, 0.4) is 0 Å². The van der Waals surface area contributed by atoms with Crippen LogP contribution in [0.25, 0.3) is 0 Å². The topological polar surface area (TPSA) is 49.3 Å². The zero-order chi connectivity index (χ0) is 13.5. The van der Waals surface area contributed by atoms with Crippen molar-refractivity contribution >= 4 is 17.7 Å². The maximum Gasteiger partial charge on any atom is 0.233 e. The zero-order valence-electron chi connectivity index (χ0n) is 11.1. The molecule has 2 N–H and O–H groups in total. The van der Waals surface area contributed by atoms with E-state index in [2.05, 4.69) is 5.32 Å². The number of nitrogens with one attached hydrogen (secondary N) is 1. The smallest absolute Gasteiger partial charge is 0.233 e. The van der Waals surface area contributed by atoms with Gasteiger partial charge in [0.2, 0.25) is 5.91 Å². The fourth-order valence-corrected chi connectivity index (χ4v) is 2.37. The average Bonchev–Trinajstić information content (AvgIpc) is 2.36. The molecule has 3 nitrogen and oxygen atoms in total. The summed E-state index contributed by atoms with van der Waals surface area (Å²) < 4.78 is 0. The van der Waals surface area contributed by atoms with Gasteiger partial charge in [0.1, 0.15) is 0 Å². The number of carbonyl (C=O) groups is 1. The van der Waals surface area contributed by atoms with E-state index >= 15 is 0 Å². The Morgan fingerprint density at radius 2 is 1.94 bits per heavy atom. The summed E-state index contributed by atoms with van der Waals surface area (Å²) in [6.45, 7) is 6.40. The van der Waals surface area contributed by atoms with E-state index in [-0.39, 0.29) is 11.2 Å². The van der Waals surface area contributed by atoms with Crippen LogP contribution in [-0.4, -0.2) is 22.8 Å². The minimum absolute atomic E-state index is 0.0708. The molecule has 0 heterocycles. The number of benzene rings is 1. The number of aliphatic hydroxyl groups excluding tert-OH is 1. The van der Waals surface area contributed by atoms with Crippen molar-refractivity contribution in [1.82, 2.24) is 5.32 Å². The summed E-state index contributed by atoms with van der Waals surface area (Å²) in [4.78, 5) is 12.7. The molecule has 0 fully saturated rings. The normalized spacial score (nSPS) is 14.0. The molecule has 0 aliphatic rings. The number of hydrogen-bond donors (Lipinski definition) is 2. The lowest BCUT2D eigenvalue weighted by molar-refractivity contribution is -0.120. The first-order valence-corrected chi connectivity index (χ1v) is 7.15. The van der Waals surface area contributed by atoms with E-state index in [1.165, 1.54) is 11.8 Å². The number of rotatable bonds is 6. The molecule has 1 aromatic rings. The maximum atomic E-state index is 11.7. The molecule has 4 heteroatoms. The average molecular weight is 267 g/mol. The van der Waals surface area contributed by atoms with E-state index < -0.39 is 6.10 Å². The van der Waals surface area contributed by atoms with Crippen LogP contribution in [0.4, 0.5) is 0 Å². The second-order valence-corrected chi connectivity index (χ2v) is 5.71. The van der Waals surface area contributed by atoms with Crippen LogP contribution in [0.2, 0.25) is 0 Å². The molecule has 2 atom stereocenters. The van der Waals surface area contributed by atoms with Crippen LogP contribution < -0.4 is 5.32 Å². The largest absolute Gasteiger partial charge is 0.389 e. The Morgan fingerprint density at radius 1 is 1.33 bits per heavy atom. The number of thioether (sulfide) groups is 1. The third-order valence-electron chi connectivity index (χ3n) is 2.59. The Hall–Kier alpha value is -1.00.